The first-order valence-electron chi connectivity index (χ1n) is 7.84. The molecular weight excluding hydrogens is 272 g/mol. The summed E-state index contributed by atoms with van der Waals surface area (Å²) in [5.74, 6) is 0.914. The van der Waals surface area contributed by atoms with E-state index in [1.807, 2.05) is 6.07 Å². The van der Waals surface area contributed by atoms with Gasteiger partial charge in [-0.3, -0.25) is 0 Å². The minimum atomic E-state index is 0.904. The Morgan fingerprint density at radius 3 is 2.82 bits per heavy atom. The zero-order valence-corrected chi connectivity index (χ0v) is 12.8. The van der Waals surface area contributed by atoms with Crippen LogP contribution in [0.15, 0.2) is 48.5 Å². The molecule has 3 aromatic rings. The Kier molecular flexibility index (Phi) is 3.26. The Balaban J connectivity index is 1.90. The van der Waals surface area contributed by atoms with Crippen LogP contribution in [-0.2, 0) is 13.0 Å². The Morgan fingerprint density at radius 2 is 2.00 bits per heavy atom. The zero-order valence-electron chi connectivity index (χ0n) is 12.8. The number of fused-ring (bicyclic) bond motifs is 3. The van der Waals surface area contributed by atoms with Gasteiger partial charge in [-0.2, -0.15) is 0 Å². The molecule has 4 rings (SSSR count). The molecule has 0 bridgehead atoms. The van der Waals surface area contributed by atoms with Gasteiger partial charge in [0.05, 0.1) is 18.3 Å². The van der Waals surface area contributed by atoms with Crippen molar-refractivity contribution in [2.45, 2.75) is 19.4 Å². The maximum Gasteiger partial charge on any atom is 0.120 e. The molecule has 1 N–H and O–H groups in total. The third-order valence-corrected chi connectivity index (χ3v) is 4.46. The summed E-state index contributed by atoms with van der Waals surface area (Å²) < 4.78 is 7.86. The summed E-state index contributed by atoms with van der Waals surface area (Å²) >= 11 is 0. The van der Waals surface area contributed by atoms with E-state index >= 15 is 0 Å². The van der Waals surface area contributed by atoms with E-state index in [9.17, 15) is 0 Å². The van der Waals surface area contributed by atoms with Gasteiger partial charge in [0, 0.05) is 30.2 Å². The average Bonchev–Trinajstić information content (AvgIpc) is 2.89. The second kappa shape index (κ2) is 5.41. The van der Waals surface area contributed by atoms with Crippen LogP contribution in [0, 0.1) is 0 Å². The van der Waals surface area contributed by atoms with Crippen LogP contribution in [0.25, 0.3) is 10.9 Å². The van der Waals surface area contributed by atoms with Crippen molar-refractivity contribution in [3.63, 3.8) is 0 Å². The molecule has 0 radical (unpaired) electrons. The first-order valence-corrected chi connectivity index (χ1v) is 7.84. The molecule has 0 atom stereocenters. The van der Waals surface area contributed by atoms with Crippen molar-refractivity contribution in [1.29, 1.82) is 0 Å². The number of ether oxygens (including phenoxy) is 1. The number of methoxy groups -OCH3 is 1. The minimum absolute atomic E-state index is 0.904. The number of hydrogen-bond donors (Lipinski definition) is 1. The molecule has 3 heteroatoms. The highest BCUT2D eigenvalue weighted by Gasteiger charge is 2.20. The van der Waals surface area contributed by atoms with Crippen LogP contribution < -0.4 is 10.1 Å². The minimum Gasteiger partial charge on any atom is -0.497 e. The maximum atomic E-state index is 5.43. The highest BCUT2D eigenvalue weighted by atomic mass is 16.5. The van der Waals surface area contributed by atoms with Crippen LogP contribution >= 0.6 is 0 Å². The van der Waals surface area contributed by atoms with Crippen molar-refractivity contribution >= 4 is 16.6 Å². The van der Waals surface area contributed by atoms with Crippen molar-refractivity contribution in [3.8, 4) is 5.75 Å². The van der Waals surface area contributed by atoms with Crippen LogP contribution in [0.4, 0.5) is 5.69 Å². The molecule has 1 aliphatic rings. The third kappa shape index (κ3) is 2.13. The van der Waals surface area contributed by atoms with E-state index in [0.717, 1.165) is 25.3 Å². The summed E-state index contributed by atoms with van der Waals surface area (Å²) in [6, 6.07) is 17.0. The number of anilines is 1. The second-order valence-corrected chi connectivity index (χ2v) is 5.81. The number of nitrogens with zero attached hydrogens (tertiary/aromatic N) is 1. The molecule has 112 valence electrons. The first kappa shape index (κ1) is 13.3. The van der Waals surface area contributed by atoms with Crippen molar-refractivity contribution in [1.82, 2.24) is 4.57 Å². The average molecular weight is 292 g/mol. The molecule has 0 saturated carbocycles. The first-order chi connectivity index (χ1) is 10.9. The van der Waals surface area contributed by atoms with Crippen LogP contribution in [-0.4, -0.2) is 18.2 Å². The van der Waals surface area contributed by atoms with E-state index in [-0.39, 0.29) is 0 Å². The Labute approximate surface area is 130 Å². The van der Waals surface area contributed by atoms with E-state index in [1.54, 1.807) is 7.11 Å². The fraction of sp³-hybridized carbons (Fsp3) is 0.263. The van der Waals surface area contributed by atoms with Crippen molar-refractivity contribution in [3.05, 3.63) is 59.8 Å². The summed E-state index contributed by atoms with van der Waals surface area (Å²) in [7, 11) is 1.73. The lowest BCUT2D eigenvalue weighted by Crippen LogP contribution is -2.14. The van der Waals surface area contributed by atoms with Gasteiger partial charge in [-0.1, -0.05) is 30.3 Å². The number of aromatic nitrogens is 1. The third-order valence-electron chi connectivity index (χ3n) is 4.46. The van der Waals surface area contributed by atoms with Crippen molar-refractivity contribution in [2.75, 3.05) is 19.0 Å². The quantitative estimate of drug-likeness (QED) is 0.788. The standard InChI is InChI=1S/C19H20N2O/c1-22-15-9-10-16-18(12-15)21(13-14-6-3-2-4-7-14)17-8-5-11-20-19(16)17/h2-4,6-7,9-10,12,20H,5,8,11,13H2,1H3. The topological polar surface area (TPSA) is 26.2 Å². The fourth-order valence-electron chi connectivity index (χ4n) is 3.38. The maximum absolute atomic E-state index is 5.43. The lowest BCUT2D eigenvalue weighted by atomic mass is 10.1. The van der Waals surface area contributed by atoms with Gasteiger partial charge in [0.2, 0.25) is 0 Å². The van der Waals surface area contributed by atoms with Gasteiger partial charge < -0.3 is 14.6 Å². The fourth-order valence-corrected chi connectivity index (χ4v) is 3.38. The van der Waals surface area contributed by atoms with Gasteiger partial charge in [0.1, 0.15) is 5.75 Å². The van der Waals surface area contributed by atoms with Crippen molar-refractivity contribution in [2.24, 2.45) is 0 Å². The largest absolute Gasteiger partial charge is 0.497 e. The van der Waals surface area contributed by atoms with Gasteiger partial charge in [-0.25, -0.2) is 0 Å². The summed E-state index contributed by atoms with van der Waals surface area (Å²) in [6.45, 7) is 1.96. The molecule has 1 aromatic heterocycles. The van der Waals surface area contributed by atoms with Gasteiger partial charge in [-0.05, 0) is 30.5 Å². The van der Waals surface area contributed by atoms with Crippen LogP contribution in [0.3, 0.4) is 0 Å². The summed E-state index contributed by atoms with van der Waals surface area (Å²) in [6.07, 6.45) is 2.32. The van der Waals surface area contributed by atoms with E-state index in [4.69, 9.17) is 4.74 Å². The monoisotopic (exact) mass is 292 g/mol. The second-order valence-electron chi connectivity index (χ2n) is 5.81. The predicted octanol–water partition coefficient (Wildman–Crippen LogP) is 4.06. The predicted molar refractivity (Wildman–Crippen MR) is 90.8 cm³/mol. The molecule has 0 spiro atoms. The normalized spacial score (nSPS) is 13.7. The van der Waals surface area contributed by atoms with Crippen LogP contribution in [0.1, 0.15) is 17.7 Å². The van der Waals surface area contributed by atoms with Crippen LogP contribution in [0.2, 0.25) is 0 Å². The molecule has 0 saturated heterocycles. The highest BCUT2D eigenvalue weighted by Crippen LogP contribution is 2.36. The molecule has 2 aromatic carbocycles. The molecule has 0 amide bonds. The number of nitrogens with one attached hydrogen (secondary N) is 1. The van der Waals surface area contributed by atoms with Crippen molar-refractivity contribution < 1.29 is 4.74 Å². The SMILES string of the molecule is COc1ccc2c3c(n(Cc4ccccc4)c2c1)CCCN3. The Hall–Kier alpha value is -2.42. The van der Waals surface area contributed by atoms with E-state index in [1.165, 1.54) is 34.3 Å². The number of benzene rings is 2. The van der Waals surface area contributed by atoms with Gasteiger partial charge >= 0.3 is 0 Å². The molecule has 2 heterocycles. The Morgan fingerprint density at radius 1 is 1.14 bits per heavy atom. The smallest absolute Gasteiger partial charge is 0.120 e. The highest BCUT2D eigenvalue weighted by molar-refractivity contribution is 5.96. The van der Waals surface area contributed by atoms with Gasteiger partial charge in [0.25, 0.3) is 0 Å². The molecule has 0 unspecified atom stereocenters. The molecular formula is C19H20N2O. The zero-order chi connectivity index (χ0) is 14.9. The van der Waals surface area contributed by atoms with Gasteiger partial charge in [-0.15, -0.1) is 0 Å². The molecule has 1 aliphatic heterocycles. The molecule has 0 aliphatic carbocycles. The van der Waals surface area contributed by atoms with Crippen LogP contribution in [0.5, 0.6) is 5.75 Å². The number of rotatable bonds is 3. The molecule has 0 fully saturated rings. The molecule has 3 nitrogen and oxygen atoms in total. The van der Waals surface area contributed by atoms with E-state index < -0.39 is 0 Å². The summed E-state index contributed by atoms with van der Waals surface area (Å²) in [5, 5.41) is 4.89. The summed E-state index contributed by atoms with van der Waals surface area (Å²) in [4.78, 5) is 0. The van der Waals surface area contributed by atoms with Gasteiger partial charge in [0.15, 0.2) is 0 Å². The Bertz CT molecular complexity index is 805. The number of hydrogen-bond acceptors (Lipinski definition) is 2. The lowest BCUT2D eigenvalue weighted by Gasteiger charge is -2.17. The van der Waals surface area contributed by atoms with E-state index in [0.29, 0.717) is 0 Å². The lowest BCUT2D eigenvalue weighted by molar-refractivity contribution is 0.415. The summed E-state index contributed by atoms with van der Waals surface area (Å²) in [5.41, 5.74) is 5.30. The molecule has 22 heavy (non-hydrogen) atoms. The van der Waals surface area contributed by atoms with E-state index in [2.05, 4.69) is 52.3 Å².